The zero-order valence-electron chi connectivity index (χ0n) is 32.6. The summed E-state index contributed by atoms with van der Waals surface area (Å²) in [4.78, 5) is 21.4. The van der Waals surface area contributed by atoms with Gasteiger partial charge in [0.2, 0.25) is 0 Å². The number of benzene rings is 4. The molecule has 9 rings (SSSR count). The summed E-state index contributed by atoms with van der Waals surface area (Å²) in [7, 11) is 6.59. The Morgan fingerprint density at radius 2 is 0.814 bits per heavy atom. The molecule has 59 heavy (non-hydrogen) atoms. The highest BCUT2D eigenvalue weighted by molar-refractivity contribution is 6.02. The summed E-state index contributed by atoms with van der Waals surface area (Å²) in [5.74, 6) is 2.92. The topological polar surface area (TPSA) is 143 Å². The van der Waals surface area contributed by atoms with Crippen molar-refractivity contribution in [2.45, 2.75) is 0 Å². The number of rotatable bonds is 9. The molecule has 2 N–H and O–H groups in total. The first-order chi connectivity index (χ1) is 29.0. The van der Waals surface area contributed by atoms with Crippen molar-refractivity contribution in [2.75, 3.05) is 28.4 Å². The van der Waals surface area contributed by atoms with Gasteiger partial charge in [0, 0.05) is 49.2 Å². The smallest absolute Gasteiger partial charge is 0.118 e. The molecule has 2 aliphatic rings. The number of hydrogen-bond acceptors (Lipinski definition) is 7. The van der Waals surface area contributed by atoms with Crippen molar-refractivity contribution in [1.82, 2.24) is 19.9 Å². The fraction of sp³-hybridized carbons (Fsp3) is 0.0833. The average Bonchev–Trinajstić information content (AvgIpc) is 4.13. The summed E-state index contributed by atoms with van der Waals surface area (Å²) >= 11 is 0. The van der Waals surface area contributed by atoms with E-state index >= 15 is 0 Å². The molecular weight excluding hydrogens is 739 g/mol. The highest BCUT2D eigenvalue weighted by atomic mass is 16.5. The molecule has 0 atom stereocenters. The molecule has 11 heteroatoms. The molecule has 288 valence electrons. The molecule has 5 heterocycles. The normalized spacial score (nSPS) is 11.8. The minimum absolute atomic E-state index is 0.366. The van der Waals surface area contributed by atoms with E-state index in [1.807, 2.05) is 121 Å². The van der Waals surface area contributed by atoms with Gasteiger partial charge in [-0.15, -0.1) is 0 Å². The second-order valence-corrected chi connectivity index (χ2v) is 13.8. The standard InChI is InChI=1S/C48H37N7O4/c1-56-32-13-5-28(6-14-32)44-36-21-22-37(50-36)45(29-7-15-33(57-2)16-8-29)39-25-26-41(52-39)47(31-11-19-35(59-4)20-12-31)48-43(54-55-49)27-42(53-48)46(40-24-23-38(44)51-40)30-9-17-34(58-3)18-10-30/h5-27,50,52H,1-4H3. The van der Waals surface area contributed by atoms with Crippen LogP contribution in [0.15, 0.2) is 126 Å². The van der Waals surface area contributed by atoms with Gasteiger partial charge in [0.05, 0.1) is 56.9 Å². The van der Waals surface area contributed by atoms with E-state index < -0.39 is 0 Å². The van der Waals surface area contributed by atoms with Gasteiger partial charge in [0.1, 0.15) is 23.0 Å². The summed E-state index contributed by atoms with van der Waals surface area (Å²) < 4.78 is 22.1. The van der Waals surface area contributed by atoms with E-state index in [1.165, 1.54) is 0 Å². The highest BCUT2D eigenvalue weighted by Gasteiger charge is 2.23. The Balaban J connectivity index is 1.48. The average molecular weight is 776 g/mol. The lowest BCUT2D eigenvalue weighted by Gasteiger charge is -2.09. The van der Waals surface area contributed by atoms with Crippen LogP contribution in [0.25, 0.3) is 101 Å². The van der Waals surface area contributed by atoms with Gasteiger partial charge >= 0.3 is 0 Å². The third-order valence-corrected chi connectivity index (χ3v) is 10.5. The molecule has 0 aliphatic carbocycles. The minimum Gasteiger partial charge on any atom is -0.497 e. The molecule has 7 aromatic rings. The number of aromatic nitrogens is 4. The summed E-state index contributed by atoms with van der Waals surface area (Å²) in [5.41, 5.74) is 23.1. The first-order valence-electron chi connectivity index (χ1n) is 18.8. The zero-order valence-corrected chi connectivity index (χ0v) is 32.6. The number of fused-ring (bicyclic) bond motifs is 8. The molecule has 4 aromatic carbocycles. The molecule has 2 aliphatic heterocycles. The van der Waals surface area contributed by atoms with E-state index in [0.717, 1.165) is 83.8 Å². The number of methoxy groups -OCH3 is 4. The molecule has 11 nitrogen and oxygen atoms in total. The molecule has 8 bridgehead atoms. The van der Waals surface area contributed by atoms with E-state index in [4.69, 9.17) is 28.9 Å². The molecule has 3 aromatic heterocycles. The van der Waals surface area contributed by atoms with Crippen molar-refractivity contribution in [3.8, 4) is 67.5 Å². The van der Waals surface area contributed by atoms with Crippen LogP contribution >= 0.6 is 0 Å². The Kier molecular flexibility index (Phi) is 9.62. The summed E-state index contributed by atoms with van der Waals surface area (Å²) in [5, 5.41) is 4.23. The van der Waals surface area contributed by atoms with Crippen LogP contribution in [-0.2, 0) is 0 Å². The second kappa shape index (κ2) is 15.5. The highest BCUT2D eigenvalue weighted by Crippen LogP contribution is 2.41. The van der Waals surface area contributed by atoms with Crippen LogP contribution in [0.3, 0.4) is 0 Å². The Morgan fingerprint density at radius 1 is 0.441 bits per heavy atom. The van der Waals surface area contributed by atoms with Crippen LogP contribution < -0.4 is 18.9 Å². The maximum absolute atomic E-state index is 9.94. The van der Waals surface area contributed by atoms with Crippen LogP contribution in [0.5, 0.6) is 23.0 Å². The van der Waals surface area contributed by atoms with Crippen molar-refractivity contribution >= 4 is 46.0 Å². The van der Waals surface area contributed by atoms with E-state index in [2.05, 4.69) is 38.2 Å². The number of nitrogens with one attached hydrogen (secondary N) is 2. The van der Waals surface area contributed by atoms with Gasteiger partial charge in [-0.05, 0) is 119 Å². The monoisotopic (exact) mass is 775 g/mol. The lowest BCUT2D eigenvalue weighted by atomic mass is 10.0. The molecule has 0 saturated carbocycles. The lowest BCUT2D eigenvalue weighted by molar-refractivity contribution is 0.415. The third kappa shape index (κ3) is 6.81. The van der Waals surface area contributed by atoms with Gasteiger partial charge in [-0.25, -0.2) is 9.97 Å². The van der Waals surface area contributed by atoms with Crippen LogP contribution in [-0.4, -0.2) is 48.4 Å². The van der Waals surface area contributed by atoms with Gasteiger partial charge in [-0.3, -0.25) is 0 Å². The van der Waals surface area contributed by atoms with Crippen LogP contribution in [0.1, 0.15) is 22.8 Å². The SMILES string of the molecule is COc1ccc(-c2c3nc(c(-c4ccc(OC)cc4)c4ccc([nH]4)c(-c4ccc(OC)cc4)c4ccc([nH]4)c(-c4ccc(OC)cc4)c4nc2C=C4N=[N+]=[N-])C=C3)cc1. The number of azide groups is 1. The Hall–Kier alpha value is -8.01. The minimum atomic E-state index is 0.366. The van der Waals surface area contributed by atoms with Crippen molar-refractivity contribution < 1.29 is 18.9 Å². The van der Waals surface area contributed by atoms with E-state index in [-0.39, 0.29) is 0 Å². The molecular formula is C48H37N7O4. The number of H-pyrrole nitrogens is 2. The third-order valence-electron chi connectivity index (χ3n) is 10.5. The summed E-state index contributed by atoms with van der Waals surface area (Å²) in [6.07, 6.45) is 5.85. The molecule has 0 radical (unpaired) electrons. The van der Waals surface area contributed by atoms with Crippen molar-refractivity contribution in [3.63, 3.8) is 0 Å². The van der Waals surface area contributed by atoms with Crippen LogP contribution in [0, 0.1) is 0 Å². The fourth-order valence-corrected chi connectivity index (χ4v) is 7.63. The fourth-order valence-electron chi connectivity index (χ4n) is 7.63. The summed E-state index contributed by atoms with van der Waals surface area (Å²) in [6, 6.07) is 39.8. The van der Waals surface area contributed by atoms with Crippen molar-refractivity contribution in [2.24, 2.45) is 5.11 Å². The number of hydrogen-bond donors (Lipinski definition) is 2. The zero-order chi connectivity index (χ0) is 40.5. The van der Waals surface area contributed by atoms with E-state index in [9.17, 15) is 5.53 Å². The largest absolute Gasteiger partial charge is 0.497 e. The predicted molar refractivity (Wildman–Crippen MR) is 235 cm³/mol. The van der Waals surface area contributed by atoms with Gasteiger partial charge in [0.15, 0.2) is 0 Å². The molecule has 0 saturated heterocycles. The van der Waals surface area contributed by atoms with Gasteiger partial charge in [-0.2, -0.15) is 0 Å². The van der Waals surface area contributed by atoms with Gasteiger partial charge in [0.25, 0.3) is 0 Å². The molecule has 0 fully saturated rings. The predicted octanol–water partition coefficient (Wildman–Crippen LogP) is 12.0. The van der Waals surface area contributed by atoms with E-state index in [0.29, 0.717) is 34.3 Å². The van der Waals surface area contributed by atoms with E-state index in [1.54, 1.807) is 28.4 Å². The number of ether oxygens (including phenoxy) is 4. The number of nitrogens with zero attached hydrogens (tertiary/aromatic N) is 5. The van der Waals surface area contributed by atoms with Crippen molar-refractivity contribution in [1.29, 1.82) is 0 Å². The lowest BCUT2D eigenvalue weighted by Crippen LogP contribution is -1.92. The molecule has 0 spiro atoms. The Bertz CT molecular complexity index is 3010. The first-order valence-corrected chi connectivity index (χ1v) is 18.8. The number of aromatic amines is 2. The van der Waals surface area contributed by atoms with Crippen LogP contribution in [0.2, 0.25) is 0 Å². The summed E-state index contributed by atoms with van der Waals surface area (Å²) in [6.45, 7) is 0. The second-order valence-electron chi connectivity index (χ2n) is 13.8. The maximum Gasteiger partial charge on any atom is 0.118 e. The van der Waals surface area contributed by atoms with Crippen LogP contribution in [0.4, 0.5) is 0 Å². The van der Waals surface area contributed by atoms with Gasteiger partial charge in [-0.1, -0.05) is 53.6 Å². The first kappa shape index (κ1) is 36.6. The van der Waals surface area contributed by atoms with Gasteiger partial charge < -0.3 is 28.9 Å². The molecule has 0 amide bonds. The molecule has 0 unspecified atom stereocenters. The Morgan fingerprint density at radius 3 is 1.25 bits per heavy atom. The quantitative estimate of drug-likeness (QED) is 0.0848. The Labute approximate surface area is 339 Å². The van der Waals surface area contributed by atoms with Crippen molar-refractivity contribution in [3.05, 3.63) is 155 Å². The maximum atomic E-state index is 9.94.